The lowest BCUT2D eigenvalue weighted by Gasteiger charge is -2.29. The van der Waals surface area contributed by atoms with E-state index in [2.05, 4.69) is 15.5 Å². The molecule has 0 aromatic carbocycles. The number of carbonyl (C=O) groups is 1. The van der Waals surface area contributed by atoms with Crippen molar-refractivity contribution < 1.29 is 4.79 Å². The first kappa shape index (κ1) is 13.0. The number of nitrogens with one attached hydrogen (secondary N) is 1. The molecule has 18 heavy (non-hydrogen) atoms. The van der Waals surface area contributed by atoms with Crippen molar-refractivity contribution in [2.45, 2.75) is 38.8 Å². The Hall–Kier alpha value is -1.49. The van der Waals surface area contributed by atoms with E-state index in [-0.39, 0.29) is 11.9 Å². The number of aromatic nitrogens is 2. The third kappa shape index (κ3) is 3.50. The van der Waals surface area contributed by atoms with Crippen LogP contribution in [0, 0.1) is 0 Å². The molecule has 1 aromatic rings. The summed E-state index contributed by atoms with van der Waals surface area (Å²) in [7, 11) is 0. The Morgan fingerprint density at radius 2 is 2.22 bits per heavy atom. The van der Waals surface area contributed by atoms with Crippen LogP contribution in [0.2, 0.25) is 0 Å². The highest BCUT2D eigenvalue weighted by atomic mass is 16.2. The van der Waals surface area contributed by atoms with Gasteiger partial charge in [0.05, 0.1) is 11.7 Å². The van der Waals surface area contributed by atoms with Gasteiger partial charge in [-0.3, -0.25) is 4.79 Å². The van der Waals surface area contributed by atoms with Gasteiger partial charge in [-0.1, -0.05) is 0 Å². The maximum Gasteiger partial charge on any atom is 0.239 e. The molecule has 2 rings (SSSR count). The van der Waals surface area contributed by atoms with Gasteiger partial charge in [-0.05, 0) is 38.3 Å². The molecule has 5 heteroatoms. The van der Waals surface area contributed by atoms with E-state index in [1.54, 1.807) is 6.20 Å². The maximum absolute atomic E-state index is 12.1. The molecule has 1 aliphatic rings. The number of nitrogens with zero attached hydrogens (tertiary/aromatic N) is 3. The lowest BCUT2D eigenvalue weighted by atomic mass is 10.1. The van der Waals surface area contributed by atoms with Crippen LogP contribution in [0.3, 0.4) is 0 Å². The molecule has 1 atom stereocenters. The van der Waals surface area contributed by atoms with Gasteiger partial charge < -0.3 is 10.2 Å². The molecule has 1 aromatic heterocycles. The van der Waals surface area contributed by atoms with Gasteiger partial charge in [0.25, 0.3) is 0 Å². The molecular formula is C13H20N4O. The van der Waals surface area contributed by atoms with Crippen LogP contribution in [0.4, 0.5) is 0 Å². The van der Waals surface area contributed by atoms with Crippen molar-refractivity contribution >= 4 is 5.91 Å². The lowest BCUT2D eigenvalue weighted by molar-refractivity contribution is -0.133. The third-order valence-corrected chi connectivity index (χ3v) is 3.26. The quantitative estimate of drug-likeness (QED) is 0.862. The first-order chi connectivity index (χ1) is 8.77. The van der Waals surface area contributed by atoms with Crippen molar-refractivity contribution in [2.24, 2.45) is 0 Å². The number of rotatable bonds is 4. The van der Waals surface area contributed by atoms with Crippen LogP contribution in [-0.2, 0) is 11.3 Å². The molecule has 5 nitrogen and oxygen atoms in total. The number of likely N-dealkylation sites (tertiary alicyclic amines) is 1. The zero-order valence-corrected chi connectivity index (χ0v) is 10.8. The first-order valence-corrected chi connectivity index (χ1v) is 6.56. The fraction of sp³-hybridized carbons (Fsp3) is 0.615. The van der Waals surface area contributed by atoms with Gasteiger partial charge in [-0.25, -0.2) is 0 Å². The zero-order chi connectivity index (χ0) is 12.8. The van der Waals surface area contributed by atoms with E-state index >= 15 is 0 Å². The van der Waals surface area contributed by atoms with E-state index in [1.165, 1.54) is 6.42 Å². The Bertz CT molecular complexity index is 376. The minimum Gasteiger partial charge on any atom is -0.341 e. The van der Waals surface area contributed by atoms with Crippen LogP contribution in [0.15, 0.2) is 18.3 Å². The largest absolute Gasteiger partial charge is 0.341 e. The van der Waals surface area contributed by atoms with E-state index in [0.717, 1.165) is 31.6 Å². The summed E-state index contributed by atoms with van der Waals surface area (Å²) in [5, 5.41) is 11.0. The van der Waals surface area contributed by atoms with Crippen LogP contribution in [0.25, 0.3) is 0 Å². The van der Waals surface area contributed by atoms with E-state index in [9.17, 15) is 4.79 Å². The summed E-state index contributed by atoms with van der Waals surface area (Å²) >= 11 is 0. The predicted octanol–water partition coefficient (Wildman–Crippen LogP) is 0.967. The van der Waals surface area contributed by atoms with Gasteiger partial charge in [-0.2, -0.15) is 10.2 Å². The summed E-state index contributed by atoms with van der Waals surface area (Å²) in [6, 6.07) is 3.59. The predicted molar refractivity (Wildman–Crippen MR) is 68.8 cm³/mol. The van der Waals surface area contributed by atoms with Crippen LogP contribution in [0.1, 0.15) is 31.9 Å². The standard InChI is InChI=1S/C13H20N4O/c1-11(13(18)17-8-3-2-4-9-17)14-10-12-6-5-7-15-16-12/h5-7,11,14H,2-4,8-10H2,1H3. The molecule has 1 unspecified atom stereocenters. The molecular weight excluding hydrogens is 228 g/mol. The highest BCUT2D eigenvalue weighted by molar-refractivity contribution is 5.81. The van der Waals surface area contributed by atoms with Crippen molar-refractivity contribution in [1.29, 1.82) is 0 Å². The second kappa shape index (κ2) is 6.44. The molecule has 0 bridgehead atoms. The van der Waals surface area contributed by atoms with Gasteiger partial charge in [0.1, 0.15) is 0 Å². The minimum absolute atomic E-state index is 0.162. The molecule has 98 valence electrons. The van der Waals surface area contributed by atoms with E-state index in [0.29, 0.717) is 6.54 Å². The summed E-state index contributed by atoms with van der Waals surface area (Å²) in [5.74, 6) is 0.193. The van der Waals surface area contributed by atoms with E-state index in [4.69, 9.17) is 0 Å². The molecule has 0 spiro atoms. The van der Waals surface area contributed by atoms with Crippen LogP contribution in [-0.4, -0.2) is 40.1 Å². The van der Waals surface area contributed by atoms with E-state index in [1.807, 2.05) is 24.0 Å². The molecule has 0 radical (unpaired) electrons. The molecule has 1 amide bonds. The fourth-order valence-electron chi connectivity index (χ4n) is 2.16. The molecule has 2 heterocycles. The second-order valence-corrected chi connectivity index (χ2v) is 4.70. The van der Waals surface area contributed by atoms with Gasteiger partial charge >= 0.3 is 0 Å². The van der Waals surface area contributed by atoms with Crippen molar-refractivity contribution in [3.05, 3.63) is 24.0 Å². The van der Waals surface area contributed by atoms with Crippen molar-refractivity contribution in [1.82, 2.24) is 20.4 Å². The van der Waals surface area contributed by atoms with Gasteiger partial charge in [-0.15, -0.1) is 0 Å². The summed E-state index contributed by atoms with van der Waals surface area (Å²) in [5.41, 5.74) is 0.857. The third-order valence-electron chi connectivity index (χ3n) is 3.26. The Labute approximate surface area is 108 Å². The Balaban J connectivity index is 1.80. The SMILES string of the molecule is CC(NCc1cccnn1)C(=O)N1CCCCC1. The van der Waals surface area contributed by atoms with Gasteiger partial charge in [0, 0.05) is 25.8 Å². The maximum atomic E-state index is 12.1. The Kier molecular flexibility index (Phi) is 4.64. The molecule has 0 saturated carbocycles. The monoisotopic (exact) mass is 248 g/mol. The molecule has 1 saturated heterocycles. The van der Waals surface area contributed by atoms with Crippen molar-refractivity contribution in [2.75, 3.05) is 13.1 Å². The highest BCUT2D eigenvalue weighted by Gasteiger charge is 2.21. The topological polar surface area (TPSA) is 58.1 Å². The van der Waals surface area contributed by atoms with Gasteiger partial charge in [0.2, 0.25) is 5.91 Å². The molecule has 1 N–H and O–H groups in total. The minimum atomic E-state index is -0.162. The summed E-state index contributed by atoms with van der Waals surface area (Å²) in [4.78, 5) is 14.1. The van der Waals surface area contributed by atoms with Crippen LogP contribution >= 0.6 is 0 Å². The van der Waals surface area contributed by atoms with E-state index < -0.39 is 0 Å². The first-order valence-electron chi connectivity index (χ1n) is 6.56. The Morgan fingerprint density at radius 1 is 1.44 bits per heavy atom. The number of piperidine rings is 1. The second-order valence-electron chi connectivity index (χ2n) is 4.70. The molecule has 0 aliphatic carbocycles. The lowest BCUT2D eigenvalue weighted by Crippen LogP contribution is -2.46. The normalized spacial score (nSPS) is 17.5. The average molecular weight is 248 g/mol. The van der Waals surface area contributed by atoms with Gasteiger partial charge in [0.15, 0.2) is 0 Å². The molecule has 1 fully saturated rings. The number of carbonyl (C=O) groups excluding carboxylic acids is 1. The number of hydrogen-bond acceptors (Lipinski definition) is 4. The van der Waals surface area contributed by atoms with Crippen molar-refractivity contribution in [3.8, 4) is 0 Å². The summed E-state index contributed by atoms with van der Waals surface area (Å²) in [6.07, 6.45) is 5.14. The van der Waals surface area contributed by atoms with Crippen LogP contribution in [0.5, 0.6) is 0 Å². The highest BCUT2D eigenvalue weighted by Crippen LogP contribution is 2.10. The van der Waals surface area contributed by atoms with Crippen molar-refractivity contribution in [3.63, 3.8) is 0 Å². The zero-order valence-electron chi connectivity index (χ0n) is 10.8. The molecule has 1 aliphatic heterocycles. The average Bonchev–Trinajstić information content (AvgIpc) is 2.46. The van der Waals surface area contributed by atoms with Crippen LogP contribution < -0.4 is 5.32 Å². The fourth-order valence-corrected chi connectivity index (χ4v) is 2.16. The number of hydrogen-bond donors (Lipinski definition) is 1. The number of amides is 1. The smallest absolute Gasteiger partial charge is 0.239 e. The summed E-state index contributed by atoms with van der Waals surface area (Å²) in [6.45, 7) is 4.29. The summed E-state index contributed by atoms with van der Waals surface area (Å²) < 4.78 is 0. The Morgan fingerprint density at radius 3 is 2.89 bits per heavy atom.